The molecule has 0 atom stereocenters. The second-order valence-electron chi connectivity index (χ2n) is 3.01. The molecule has 1 aromatic carbocycles. The molecule has 5 heteroatoms. The van der Waals surface area contributed by atoms with Crippen molar-refractivity contribution in [3.05, 3.63) is 35.4 Å². The summed E-state index contributed by atoms with van der Waals surface area (Å²) in [5, 5.41) is 2.27. The van der Waals surface area contributed by atoms with Crippen LogP contribution in [0.15, 0.2) is 18.2 Å². The molecular weight excluding hydrogens is 204 g/mol. The molecule has 0 bridgehead atoms. The fourth-order valence-electron chi connectivity index (χ4n) is 0.944. The average molecular weight is 213 g/mol. The standard InChI is InChI=1S/C10H9F2NO2/c1-6(14)5-13-10(15)7-2-3-8(11)9(12)4-7/h2-4H,5H2,1H3,(H,13,15). The van der Waals surface area contributed by atoms with Crippen LogP contribution in [0.5, 0.6) is 0 Å². The van der Waals surface area contributed by atoms with E-state index >= 15 is 0 Å². The van der Waals surface area contributed by atoms with Crippen LogP contribution in [0.4, 0.5) is 8.78 Å². The number of nitrogens with one attached hydrogen (secondary N) is 1. The van der Waals surface area contributed by atoms with Crippen molar-refractivity contribution >= 4 is 11.7 Å². The molecule has 3 nitrogen and oxygen atoms in total. The molecule has 1 rings (SSSR count). The molecular formula is C10H9F2NO2. The van der Waals surface area contributed by atoms with Crippen LogP contribution < -0.4 is 5.32 Å². The van der Waals surface area contributed by atoms with E-state index in [1.807, 2.05) is 0 Å². The summed E-state index contributed by atoms with van der Waals surface area (Å²) >= 11 is 0. The molecule has 0 heterocycles. The van der Waals surface area contributed by atoms with Gasteiger partial charge in [0, 0.05) is 5.56 Å². The van der Waals surface area contributed by atoms with Gasteiger partial charge in [0.15, 0.2) is 11.6 Å². The molecule has 0 radical (unpaired) electrons. The first-order chi connectivity index (χ1) is 7.00. The first-order valence-electron chi connectivity index (χ1n) is 4.23. The van der Waals surface area contributed by atoms with E-state index in [2.05, 4.69) is 5.32 Å². The lowest BCUT2D eigenvalue weighted by atomic mass is 10.2. The maximum atomic E-state index is 12.7. The van der Waals surface area contributed by atoms with Crippen LogP contribution in [0.1, 0.15) is 17.3 Å². The van der Waals surface area contributed by atoms with E-state index in [1.165, 1.54) is 6.92 Å². The van der Waals surface area contributed by atoms with Crippen molar-refractivity contribution in [3.63, 3.8) is 0 Å². The summed E-state index contributed by atoms with van der Waals surface area (Å²) in [6.07, 6.45) is 0. The Kier molecular flexibility index (Phi) is 3.49. The Morgan fingerprint density at radius 1 is 1.27 bits per heavy atom. The minimum atomic E-state index is -1.09. The summed E-state index contributed by atoms with van der Waals surface area (Å²) in [6.45, 7) is 1.18. The van der Waals surface area contributed by atoms with E-state index in [4.69, 9.17) is 0 Å². The van der Waals surface area contributed by atoms with Crippen LogP contribution in [-0.2, 0) is 4.79 Å². The number of Topliss-reactive ketones (excluding diaryl/α,β-unsaturated/α-hetero) is 1. The Balaban J connectivity index is 2.74. The van der Waals surface area contributed by atoms with Gasteiger partial charge in [-0.15, -0.1) is 0 Å². The lowest BCUT2D eigenvalue weighted by Crippen LogP contribution is -2.28. The number of benzene rings is 1. The highest BCUT2D eigenvalue weighted by molar-refractivity contribution is 5.96. The summed E-state index contributed by atoms with van der Waals surface area (Å²) in [6, 6.07) is 2.79. The average Bonchev–Trinajstić information content (AvgIpc) is 2.18. The zero-order valence-electron chi connectivity index (χ0n) is 8.01. The van der Waals surface area contributed by atoms with Crippen LogP contribution in [-0.4, -0.2) is 18.2 Å². The second kappa shape index (κ2) is 4.63. The first kappa shape index (κ1) is 11.3. The van der Waals surface area contributed by atoms with Gasteiger partial charge in [-0.25, -0.2) is 8.78 Å². The van der Waals surface area contributed by atoms with Crippen LogP contribution in [0.25, 0.3) is 0 Å². The number of halogens is 2. The Bertz CT molecular complexity index is 404. The highest BCUT2D eigenvalue weighted by Gasteiger charge is 2.09. The number of hydrogen-bond acceptors (Lipinski definition) is 2. The largest absolute Gasteiger partial charge is 0.345 e. The van der Waals surface area contributed by atoms with Crippen LogP contribution in [0.3, 0.4) is 0 Å². The number of carbonyl (C=O) groups excluding carboxylic acids is 2. The number of rotatable bonds is 3. The third-order valence-corrected chi connectivity index (χ3v) is 1.68. The van der Waals surface area contributed by atoms with Gasteiger partial charge in [-0.3, -0.25) is 9.59 Å². The van der Waals surface area contributed by atoms with Crippen LogP contribution in [0, 0.1) is 11.6 Å². The number of amides is 1. The van der Waals surface area contributed by atoms with E-state index in [1.54, 1.807) is 0 Å². The molecule has 0 saturated heterocycles. The van der Waals surface area contributed by atoms with Crippen molar-refractivity contribution in [2.45, 2.75) is 6.92 Å². The normalized spacial score (nSPS) is 9.80. The van der Waals surface area contributed by atoms with Crippen molar-refractivity contribution in [1.82, 2.24) is 5.32 Å². The highest BCUT2D eigenvalue weighted by Crippen LogP contribution is 2.08. The van der Waals surface area contributed by atoms with Crippen LogP contribution in [0.2, 0.25) is 0 Å². The smallest absolute Gasteiger partial charge is 0.251 e. The molecule has 0 aromatic heterocycles. The van der Waals surface area contributed by atoms with E-state index in [0.29, 0.717) is 0 Å². The molecule has 0 spiro atoms. The van der Waals surface area contributed by atoms with E-state index in [9.17, 15) is 18.4 Å². The van der Waals surface area contributed by atoms with Gasteiger partial charge >= 0.3 is 0 Å². The van der Waals surface area contributed by atoms with E-state index < -0.39 is 17.5 Å². The molecule has 15 heavy (non-hydrogen) atoms. The van der Waals surface area contributed by atoms with Gasteiger partial charge in [0.25, 0.3) is 5.91 Å². The SMILES string of the molecule is CC(=O)CNC(=O)c1ccc(F)c(F)c1. The number of ketones is 1. The molecule has 1 N–H and O–H groups in total. The molecule has 0 fully saturated rings. The molecule has 0 aliphatic rings. The minimum absolute atomic E-state index is 0.0184. The molecule has 0 unspecified atom stereocenters. The Morgan fingerprint density at radius 3 is 2.47 bits per heavy atom. The molecule has 80 valence electrons. The van der Waals surface area contributed by atoms with Crippen LogP contribution >= 0.6 is 0 Å². The quantitative estimate of drug-likeness (QED) is 0.822. The van der Waals surface area contributed by atoms with Gasteiger partial charge in [0.05, 0.1) is 6.54 Å². The summed E-state index contributed by atoms with van der Waals surface area (Å²) in [7, 11) is 0. The van der Waals surface area contributed by atoms with Crippen molar-refractivity contribution in [1.29, 1.82) is 0 Å². The molecule has 0 aliphatic heterocycles. The van der Waals surface area contributed by atoms with Crippen molar-refractivity contribution in [3.8, 4) is 0 Å². The third kappa shape index (κ3) is 3.12. The van der Waals surface area contributed by atoms with Gasteiger partial charge in [-0.2, -0.15) is 0 Å². The Morgan fingerprint density at radius 2 is 1.93 bits per heavy atom. The maximum Gasteiger partial charge on any atom is 0.251 e. The minimum Gasteiger partial charge on any atom is -0.345 e. The lowest BCUT2D eigenvalue weighted by Gasteiger charge is -2.02. The predicted molar refractivity (Wildman–Crippen MR) is 49.4 cm³/mol. The van der Waals surface area contributed by atoms with E-state index in [-0.39, 0.29) is 17.9 Å². The fraction of sp³-hybridized carbons (Fsp3) is 0.200. The Labute approximate surface area is 85.1 Å². The fourth-order valence-corrected chi connectivity index (χ4v) is 0.944. The molecule has 0 saturated carbocycles. The van der Waals surface area contributed by atoms with Crippen molar-refractivity contribution < 1.29 is 18.4 Å². The maximum absolute atomic E-state index is 12.7. The van der Waals surface area contributed by atoms with Crippen molar-refractivity contribution in [2.24, 2.45) is 0 Å². The highest BCUT2D eigenvalue weighted by atomic mass is 19.2. The third-order valence-electron chi connectivity index (χ3n) is 1.68. The van der Waals surface area contributed by atoms with Gasteiger partial charge in [-0.1, -0.05) is 0 Å². The Hall–Kier alpha value is -1.78. The first-order valence-corrected chi connectivity index (χ1v) is 4.23. The number of hydrogen-bond donors (Lipinski definition) is 1. The van der Waals surface area contributed by atoms with Gasteiger partial charge in [-0.05, 0) is 25.1 Å². The monoisotopic (exact) mass is 213 g/mol. The van der Waals surface area contributed by atoms with Gasteiger partial charge in [0.2, 0.25) is 0 Å². The molecule has 1 amide bonds. The number of carbonyl (C=O) groups is 2. The van der Waals surface area contributed by atoms with Gasteiger partial charge in [0.1, 0.15) is 5.78 Å². The zero-order valence-corrected chi connectivity index (χ0v) is 8.01. The summed E-state index contributed by atoms with van der Waals surface area (Å²) < 4.78 is 25.2. The second-order valence-corrected chi connectivity index (χ2v) is 3.01. The molecule has 1 aromatic rings. The zero-order chi connectivity index (χ0) is 11.4. The van der Waals surface area contributed by atoms with E-state index in [0.717, 1.165) is 18.2 Å². The van der Waals surface area contributed by atoms with Gasteiger partial charge < -0.3 is 5.32 Å². The predicted octanol–water partition coefficient (Wildman–Crippen LogP) is 1.28. The van der Waals surface area contributed by atoms with Crippen molar-refractivity contribution in [2.75, 3.05) is 6.54 Å². The summed E-state index contributed by atoms with van der Waals surface area (Å²) in [5.41, 5.74) is -0.0184. The topological polar surface area (TPSA) is 46.2 Å². The summed E-state index contributed by atoms with van der Waals surface area (Å²) in [4.78, 5) is 21.8. The molecule has 0 aliphatic carbocycles. The lowest BCUT2D eigenvalue weighted by molar-refractivity contribution is -0.116. The summed E-state index contributed by atoms with van der Waals surface area (Å²) in [5.74, 6) is -2.93.